The molecule has 0 amide bonds. The molecule has 0 spiro atoms. The van der Waals surface area contributed by atoms with Crippen molar-refractivity contribution in [1.82, 2.24) is 0 Å². The maximum atomic E-state index is 13.2. The Bertz CT molecular complexity index is 1320. The van der Waals surface area contributed by atoms with Crippen LogP contribution in [0.2, 0.25) is 19.6 Å². The third kappa shape index (κ3) is 5.66. The van der Waals surface area contributed by atoms with Gasteiger partial charge >= 0.3 is 206 Å². The molecule has 0 aliphatic heterocycles. The molecular weight excluding hydrogens is 563 g/mol. The topological polar surface area (TPSA) is 56.5 Å². The van der Waals surface area contributed by atoms with E-state index < -0.39 is 38.4 Å². The molecule has 1 heterocycles. The van der Waals surface area contributed by atoms with Crippen LogP contribution in [0.15, 0.2) is 100 Å². The molecule has 0 aliphatic carbocycles. The zero-order chi connectivity index (χ0) is 23.6. The van der Waals surface area contributed by atoms with Gasteiger partial charge in [-0.3, -0.25) is 0 Å². The van der Waals surface area contributed by atoms with Crippen LogP contribution in [0.5, 0.6) is 0 Å². The summed E-state index contributed by atoms with van der Waals surface area (Å²) in [6, 6.07) is 28.7. The molecule has 172 valence electrons. The van der Waals surface area contributed by atoms with Crippen LogP contribution in [0.3, 0.4) is 0 Å². The number of hydrogen-bond acceptors (Lipinski definition) is 4. The van der Waals surface area contributed by atoms with Crippen molar-refractivity contribution >= 4 is 43.8 Å². The van der Waals surface area contributed by atoms with E-state index in [4.69, 9.17) is 6.93 Å². The zero-order valence-electron chi connectivity index (χ0n) is 19.1. The third-order valence-electron chi connectivity index (χ3n) is 5.09. The molecule has 1 aromatic heterocycles. The van der Waals surface area contributed by atoms with E-state index in [0.717, 1.165) is 25.6 Å². The van der Waals surface area contributed by atoms with Crippen LogP contribution in [0.25, 0.3) is 11.1 Å². The molecule has 4 aromatic rings. The predicted molar refractivity (Wildman–Crippen MR) is 144 cm³/mol. The first-order valence-electron chi connectivity index (χ1n) is 10.6. The van der Waals surface area contributed by atoms with Crippen LogP contribution < -0.4 is 5.38 Å². The van der Waals surface area contributed by atoms with E-state index in [1.165, 1.54) is 0 Å². The normalized spacial score (nSPS) is 12.5. The number of rotatable bonds is 7. The van der Waals surface area contributed by atoms with Gasteiger partial charge in [0.1, 0.15) is 0 Å². The van der Waals surface area contributed by atoms with E-state index >= 15 is 0 Å². The van der Waals surface area contributed by atoms with Crippen molar-refractivity contribution in [3.8, 4) is 11.1 Å². The van der Waals surface area contributed by atoms with Gasteiger partial charge in [0, 0.05) is 0 Å². The number of furan rings is 1. The fraction of sp³-hybridized carbons (Fsp3) is 0.154. The van der Waals surface area contributed by atoms with Gasteiger partial charge in [0.05, 0.1) is 0 Å². The molecule has 0 saturated heterocycles. The molecule has 4 nitrogen and oxygen atoms in total. The minimum absolute atomic E-state index is 0.160. The number of hydrogen-bond donors (Lipinski definition) is 0. The van der Waals surface area contributed by atoms with Crippen LogP contribution in [-0.4, -0.2) is 16.5 Å². The Morgan fingerprint density at radius 1 is 0.758 bits per heavy atom. The maximum absolute atomic E-state index is 13.2. The van der Waals surface area contributed by atoms with E-state index in [1.54, 1.807) is 24.3 Å². The molecule has 0 fully saturated rings. The minimum atomic E-state index is -3.94. The summed E-state index contributed by atoms with van der Waals surface area (Å²) in [7, 11) is -5.63. The van der Waals surface area contributed by atoms with Gasteiger partial charge in [-0.15, -0.1) is 0 Å². The van der Waals surface area contributed by atoms with Crippen LogP contribution in [0, 0.1) is 14.3 Å². The standard InChI is InChI=1S/C26H27IO4SSi/c1-20-10-16-24(17-11-20)32(28,29)31-27(25-18-19-26(30-25)33(2,3)4)23-14-12-22(13-15-23)21-8-6-5-7-9-21/h5-19H,1-4H3. The summed E-state index contributed by atoms with van der Waals surface area (Å²) in [5.74, 6) is 0. The van der Waals surface area contributed by atoms with Gasteiger partial charge in [-0.2, -0.15) is 0 Å². The average molecular weight is 591 g/mol. The summed E-state index contributed by atoms with van der Waals surface area (Å²) < 4.78 is 40.0. The third-order valence-corrected chi connectivity index (χ3v) is 13.9. The summed E-state index contributed by atoms with van der Waals surface area (Å²) in [6.45, 7) is 8.52. The van der Waals surface area contributed by atoms with Crippen LogP contribution in [-0.2, 0) is 12.6 Å². The van der Waals surface area contributed by atoms with Crippen molar-refractivity contribution < 1.29 is 15.3 Å². The van der Waals surface area contributed by atoms with Crippen molar-refractivity contribution in [2.45, 2.75) is 31.5 Å². The first-order chi connectivity index (χ1) is 15.6. The van der Waals surface area contributed by atoms with Gasteiger partial charge in [0.15, 0.2) is 0 Å². The molecule has 0 N–H and O–H groups in total. The van der Waals surface area contributed by atoms with Crippen LogP contribution in [0.1, 0.15) is 5.56 Å². The van der Waals surface area contributed by atoms with Crippen molar-refractivity contribution in [2.75, 3.05) is 0 Å². The SMILES string of the molecule is Cc1ccc(S(=O)(=O)OI(c2ccc(-c3ccccc3)cc2)c2ccc([Si](C)(C)C)o2)cc1. The van der Waals surface area contributed by atoms with E-state index in [2.05, 4.69) is 31.8 Å². The van der Waals surface area contributed by atoms with Gasteiger partial charge in [-0.1, -0.05) is 0 Å². The van der Waals surface area contributed by atoms with E-state index in [-0.39, 0.29) is 4.90 Å². The molecule has 0 saturated carbocycles. The second-order valence-electron chi connectivity index (χ2n) is 8.81. The Kier molecular flexibility index (Phi) is 6.95. The summed E-state index contributed by atoms with van der Waals surface area (Å²) in [5.41, 5.74) is 3.17. The van der Waals surface area contributed by atoms with Gasteiger partial charge in [-0.25, -0.2) is 0 Å². The Morgan fingerprint density at radius 2 is 1.36 bits per heavy atom. The molecule has 0 atom stereocenters. The fourth-order valence-corrected chi connectivity index (χ4v) is 11.0. The van der Waals surface area contributed by atoms with Gasteiger partial charge in [0.2, 0.25) is 0 Å². The number of halogens is 1. The molecule has 0 radical (unpaired) electrons. The van der Waals surface area contributed by atoms with Crippen molar-refractivity contribution in [1.29, 1.82) is 0 Å². The first kappa shape index (κ1) is 23.9. The molecule has 7 heteroatoms. The molecule has 3 aromatic carbocycles. The van der Waals surface area contributed by atoms with E-state index in [0.29, 0.717) is 3.77 Å². The molecular formula is C26H27IO4SSi. The van der Waals surface area contributed by atoms with Gasteiger partial charge in [0.25, 0.3) is 0 Å². The van der Waals surface area contributed by atoms with E-state index in [9.17, 15) is 8.42 Å². The van der Waals surface area contributed by atoms with E-state index in [1.807, 2.05) is 61.5 Å². The number of aryl methyl sites for hydroxylation is 1. The van der Waals surface area contributed by atoms with Crippen molar-refractivity contribution in [3.05, 3.63) is 104 Å². The molecule has 0 aliphatic rings. The predicted octanol–water partition coefficient (Wildman–Crippen LogP) is 6.67. The van der Waals surface area contributed by atoms with Crippen molar-refractivity contribution in [3.63, 3.8) is 0 Å². The molecule has 0 unspecified atom stereocenters. The van der Waals surface area contributed by atoms with Gasteiger partial charge in [-0.05, 0) is 0 Å². The zero-order valence-corrected chi connectivity index (χ0v) is 23.1. The quantitative estimate of drug-likeness (QED) is 0.178. The second kappa shape index (κ2) is 9.58. The monoisotopic (exact) mass is 590 g/mol. The Labute approximate surface area is 204 Å². The summed E-state index contributed by atoms with van der Waals surface area (Å²) in [5, 5.41) is 0.942. The van der Waals surface area contributed by atoms with Gasteiger partial charge < -0.3 is 0 Å². The Balaban J connectivity index is 1.73. The molecule has 4 rings (SSSR count). The Hall–Kier alpha value is -2.20. The van der Waals surface area contributed by atoms with Crippen molar-refractivity contribution in [2.24, 2.45) is 0 Å². The first-order valence-corrected chi connectivity index (χ1v) is 18.6. The number of benzene rings is 3. The summed E-state index contributed by atoms with van der Waals surface area (Å²) in [4.78, 5) is 0.160. The fourth-order valence-electron chi connectivity index (χ4n) is 3.20. The average Bonchev–Trinajstić information content (AvgIpc) is 3.29. The van der Waals surface area contributed by atoms with Crippen LogP contribution >= 0.6 is 20.2 Å². The second-order valence-corrected chi connectivity index (χ2v) is 20.1. The summed E-state index contributed by atoms with van der Waals surface area (Å²) in [6.07, 6.45) is 0. The molecule has 0 bridgehead atoms. The van der Waals surface area contributed by atoms with Crippen LogP contribution in [0.4, 0.5) is 0 Å². The Morgan fingerprint density at radius 3 is 1.94 bits per heavy atom. The summed E-state index contributed by atoms with van der Waals surface area (Å²) >= 11 is -2.88. The molecule has 33 heavy (non-hydrogen) atoms.